The topological polar surface area (TPSA) is 58.4 Å². The second kappa shape index (κ2) is 11.8. The molecule has 1 amide bonds. The second-order valence-corrected chi connectivity index (χ2v) is 12.3. The molecule has 3 aliphatic heterocycles. The molecule has 5 heteroatoms. The molecular formula is C30H41N3OS. The quantitative estimate of drug-likeness (QED) is 0.473. The largest absolute Gasteiger partial charge is 0.399 e. The van der Waals surface area contributed by atoms with Crippen LogP contribution in [0.1, 0.15) is 74.6 Å². The summed E-state index contributed by atoms with van der Waals surface area (Å²) in [6, 6.07) is 15.9. The van der Waals surface area contributed by atoms with E-state index in [1.807, 2.05) is 48.5 Å². The number of anilines is 1. The SMILES string of the molecule is C1CC2CCC(C1)CC2.Nc1cccc(Sc2ccc(C(=O)NC3CC4CCN(CC4)C3)cc2)c1. The highest BCUT2D eigenvalue weighted by Crippen LogP contribution is 2.38. The highest BCUT2D eigenvalue weighted by Gasteiger charge is 2.30. The van der Waals surface area contributed by atoms with Gasteiger partial charge < -0.3 is 16.0 Å². The minimum Gasteiger partial charge on any atom is -0.399 e. The lowest BCUT2D eigenvalue weighted by Gasteiger charge is -2.26. The zero-order valence-electron chi connectivity index (χ0n) is 21.0. The molecule has 188 valence electrons. The van der Waals surface area contributed by atoms with Gasteiger partial charge in [0.2, 0.25) is 0 Å². The second-order valence-electron chi connectivity index (χ2n) is 11.2. The molecule has 0 spiro atoms. The van der Waals surface area contributed by atoms with Gasteiger partial charge >= 0.3 is 0 Å². The van der Waals surface area contributed by atoms with E-state index in [0.717, 1.165) is 51.8 Å². The van der Waals surface area contributed by atoms with Crippen molar-refractivity contribution in [2.24, 2.45) is 17.8 Å². The third kappa shape index (κ3) is 7.04. The summed E-state index contributed by atoms with van der Waals surface area (Å²) in [6.07, 6.45) is 14.6. The van der Waals surface area contributed by atoms with Crippen LogP contribution in [0.3, 0.4) is 0 Å². The van der Waals surface area contributed by atoms with E-state index in [-0.39, 0.29) is 11.9 Å². The first-order valence-electron chi connectivity index (χ1n) is 13.8. The summed E-state index contributed by atoms with van der Waals surface area (Å²) in [5, 5.41) is 3.25. The summed E-state index contributed by atoms with van der Waals surface area (Å²) < 4.78 is 0. The number of hydrogen-bond donors (Lipinski definition) is 2. The summed E-state index contributed by atoms with van der Waals surface area (Å²) in [6.45, 7) is 3.37. The number of hydrogen-bond acceptors (Lipinski definition) is 4. The Morgan fingerprint density at radius 3 is 2.17 bits per heavy atom. The van der Waals surface area contributed by atoms with Crippen molar-refractivity contribution in [1.29, 1.82) is 0 Å². The zero-order chi connectivity index (χ0) is 24.0. The molecule has 6 fully saturated rings. The first kappa shape index (κ1) is 24.7. The molecule has 3 saturated carbocycles. The molecule has 0 aromatic heterocycles. The molecule has 3 aliphatic carbocycles. The first-order valence-corrected chi connectivity index (χ1v) is 14.6. The number of piperidine rings is 1. The van der Waals surface area contributed by atoms with Gasteiger partial charge in [-0.2, -0.15) is 0 Å². The van der Waals surface area contributed by atoms with Crippen LogP contribution in [0.5, 0.6) is 0 Å². The van der Waals surface area contributed by atoms with Crippen molar-refractivity contribution in [2.75, 3.05) is 25.4 Å². The van der Waals surface area contributed by atoms with E-state index in [9.17, 15) is 4.79 Å². The molecule has 0 radical (unpaired) electrons. The molecule has 35 heavy (non-hydrogen) atoms. The number of nitrogens with two attached hydrogens (primary N) is 1. The number of amides is 1. The maximum absolute atomic E-state index is 12.6. The Bertz CT molecular complexity index is 930. The van der Waals surface area contributed by atoms with Crippen LogP contribution in [0.2, 0.25) is 0 Å². The van der Waals surface area contributed by atoms with E-state index in [1.165, 1.54) is 32.4 Å². The summed E-state index contributed by atoms with van der Waals surface area (Å²) >= 11 is 1.65. The molecular weight excluding hydrogens is 450 g/mol. The molecule has 8 rings (SSSR count). The van der Waals surface area contributed by atoms with Gasteiger partial charge in [-0.3, -0.25) is 4.79 Å². The highest BCUT2D eigenvalue weighted by atomic mass is 32.2. The lowest BCUT2D eigenvalue weighted by Crippen LogP contribution is -2.41. The van der Waals surface area contributed by atoms with Crippen LogP contribution in [0.25, 0.3) is 0 Å². The van der Waals surface area contributed by atoms with Crippen molar-refractivity contribution in [2.45, 2.75) is 80.0 Å². The van der Waals surface area contributed by atoms with Crippen LogP contribution in [-0.4, -0.2) is 36.5 Å². The normalized spacial score (nSPS) is 29.4. The van der Waals surface area contributed by atoms with Crippen molar-refractivity contribution in [3.63, 3.8) is 0 Å². The third-order valence-corrected chi connectivity index (χ3v) is 9.54. The monoisotopic (exact) mass is 491 g/mol. The van der Waals surface area contributed by atoms with E-state index >= 15 is 0 Å². The maximum Gasteiger partial charge on any atom is 0.251 e. The summed E-state index contributed by atoms with van der Waals surface area (Å²) in [7, 11) is 0. The number of fused-ring (bicyclic) bond motifs is 8. The maximum atomic E-state index is 12.6. The zero-order valence-corrected chi connectivity index (χ0v) is 21.8. The van der Waals surface area contributed by atoms with Gasteiger partial charge in [0.1, 0.15) is 0 Å². The Morgan fingerprint density at radius 2 is 1.51 bits per heavy atom. The first-order chi connectivity index (χ1) is 17.1. The fourth-order valence-corrected chi connectivity index (χ4v) is 7.35. The number of nitrogen functional groups attached to an aromatic ring is 1. The fraction of sp³-hybridized carbons (Fsp3) is 0.567. The number of rotatable bonds is 4. The summed E-state index contributed by atoms with van der Waals surface area (Å²) in [5.74, 6) is 3.10. The molecule has 3 heterocycles. The highest BCUT2D eigenvalue weighted by molar-refractivity contribution is 7.99. The van der Waals surface area contributed by atoms with Gasteiger partial charge in [0.15, 0.2) is 0 Å². The predicted molar refractivity (Wildman–Crippen MR) is 146 cm³/mol. The average Bonchev–Trinajstić information content (AvgIpc) is 3.38. The number of benzene rings is 2. The molecule has 2 aromatic carbocycles. The van der Waals surface area contributed by atoms with Gasteiger partial charge in [0, 0.05) is 33.6 Å². The minimum absolute atomic E-state index is 0.0398. The van der Waals surface area contributed by atoms with Crippen LogP contribution in [-0.2, 0) is 0 Å². The van der Waals surface area contributed by atoms with Crippen molar-refractivity contribution in [1.82, 2.24) is 10.2 Å². The predicted octanol–water partition coefficient (Wildman–Crippen LogP) is 6.61. The van der Waals surface area contributed by atoms with Crippen LogP contribution in [0.15, 0.2) is 58.3 Å². The Morgan fingerprint density at radius 1 is 0.829 bits per heavy atom. The van der Waals surface area contributed by atoms with Crippen molar-refractivity contribution < 1.29 is 4.79 Å². The smallest absolute Gasteiger partial charge is 0.251 e. The Balaban J connectivity index is 0.000000234. The lowest BCUT2D eigenvalue weighted by molar-refractivity contribution is 0.0928. The van der Waals surface area contributed by atoms with Gasteiger partial charge in [-0.15, -0.1) is 0 Å². The van der Waals surface area contributed by atoms with Crippen LogP contribution in [0, 0.1) is 17.8 Å². The number of carbonyl (C=O) groups excluding carboxylic acids is 1. The molecule has 3 N–H and O–H groups in total. The Labute approximate surface area is 215 Å². The third-order valence-electron chi connectivity index (χ3n) is 8.54. The standard InChI is InChI=1S/C21H25N3OS.C9H16/c22-17-2-1-3-20(13-17)26-19-6-4-16(5-7-19)21(25)23-18-12-15-8-10-24(14-18)11-9-15;1-2-8-4-6-9(3-1)7-5-8/h1-7,13,15,18H,8-12,14,22H2,(H,23,25);8-9H,1-7H2. The molecule has 1 unspecified atom stereocenters. The van der Waals surface area contributed by atoms with E-state index in [0.29, 0.717) is 0 Å². The number of nitrogens with one attached hydrogen (secondary N) is 1. The minimum atomic E-state index is 0.0398. The summed E-state index contributed by atoms with van der Waals surface area (Å²) in [5.41, 5.74) is 7.32. The van der Waals surface area contributed by atoms with Crippen molar-refractivity contribution in [3.8, 4) is 0 Å². The average molecular weight is 492 g/mol. The van der Waals surface area contributed by atoms with E-state index in [4.69, 9.17) is 5.73 Å². The van der Waals surface area contributed by atoms with Crippen LogP contribution >= 0.6 is 11.8 Å². The molecule has 4 bridgehead atoms. The van der Waals surface area contributed by atoms with E-state index in [2.05, 4.69) is 10.2 Å². The number of carbonyl (C=O) groups is 1. The van der Waals surface area contributed by atoms with E-state index < -0.39 is 0 Å². The van der Waals surface area contributed by atoms with Crippen molar-refractivity contribution in [3.05, 3.63) is 54.1 Å². The fourth-order valence-electron chi connectivity index (χ4n) is 6.46. The van der Waals surface area contributed by atoms with Gasteiger partial charge in [-0.1, -0.05) is 62.8 Å². The Kier molecular flexibility index (Phi) is 8.35. The van der Waals surface area contributed by atoms with E-state index in [1.54, 1.807) is 50.3 Å². The molecule has 1 atom stereocenters. The molecule has 4 nitrogen and oxygen atoms in total. The Hall–Kier alpha value is -1.98. The van der Waals surface area contributed by atoms with Gasteiger partial charge in [0.05, 0.1) is 0 Å². The molecule has 3 saturated heterocycles. The van der Waals surface area contributed by atoms with Crippen LogP contribution in [0.4, 0.5) is 5.69 Å². The summed E-state index contributed by atoms with van der Waals surface area (Å²) in [4.78, 5) is 17.3. The number of nitrogens with zero attached hydrogens (tertiary/aromatic N) is 1. The van der Waals surface area contributed by atoms with Crippen LogP contribution < -0.4 is 11.1 Å². The molecule has 6 aliphatic rings. The van der Waals surface area contributed by atoms with Gasteiger partial charge in [0.25, 0.3) is 5.91 Å². The molecule has 2 aromatic rings. The van der Waals surface area contributed by atoms with Gasteiger partial charge in [-0.05, 0) is 92.6 Å². The van der Waals surface area contributed by atoms with Gasteiger partial charge in [-0.25, -0.2) is 0 Å². The lowest BCUT2D eigenvalue weighted by atomic mass is 9.84. The van der Waals surface area contributed by atoms with Crippen molar-refractivity contribution >= 4 is 23.4 Å².